The summed E-state index contributed by atoms with van der Waals surface area (Å²) < 4.78 is 26.1. The number of hydrogen-bond donors (Lipinski definition) is 0. The molecule has 0 saturated heterocycles. The molecule has 1 aliphatic rings. The van der Waals surface area contributed by atoms with Crippen molar-refractivity contribution in [3.05, 3.63) is 24.4 Å². The lowest BCUT2D eigenvalue weighted by Gasteiger charge is -2.29. The number of aromatic nitrogens is 1. The number of hydrogen-bond acceptors (Lipinski definition) is 3. The Hall–Kier alpha value is -0.940. The van der Waals surface area contributed by atoms with Gasteiger partial charge >= 0.3 is 0 Å². The molecule has 0 aromatic carbocycles. The van der Waals surface area contributed by atoms with Crippen LogP contribution < -0.4 is 0 Å². The average molecular weight is 254 g/mol. The molecule has 0 bridgehead atoms. The van der Waals surface area contributed by atoms with Crippen LogP contribution in [0.4, 0.5) is 0 Å². The lowest BCUT2D eigenvalue weighted by molar-refractivity contribution is 0.285. The predicted octanol–water partition coefficient (Wildman–Crippen LogP) is 2.03. The largest absolute Gasteiger partial charge is 0.260 e. The van der Waals surface area contributed by atoms with Gasteiger partial charge in [-0.05, 0) is 25.0 Å². The van der Waals surface area contributed by atoms with Crippen molar-refractivity contribution in [3.8, 4) is 0 Å². The monoisotopic (exact) mass is 254 g/mol. The maximum atomic E-state index is 12.3. The van der Waals surface area contributed by atoms with E-state index in [9.17, 15) is 8.42 Å². The molecule has 0 spiro atoms. The number of pyridine rings is 1. The Bertz CT molecular complexity index is 453. The standard InChI is InChI=1S/C12H18N2O2S/c1-14(11-7-3-2-4-8-11)17(15,16)12-9-5-6-10-13-12/h5-6,9-11H,2-4,7-8H2,1H3. The van der Waals surface area contributed by atoms with E-state index in [-0.39, 0.29) is 11.1 Å². The third-order valence-electron chi connectivity index (χ3n) is 3.37. The first-order chi connectivity index (χ1) is 8.12. The summed E-state index contributed by atoms with van der Waals surface area (Å²) in [6.07, 6.45) is 6.89. The van der Waals surface area contributed by atoms with Crippen molar-refractivity contribution in [2.75, 3.05) is 7.05 Å². The molecular weight excluding hydrogens is 236 g/mol. The SMILES string of the molecule is CN(C1CCCCC1)S(=O)(=O)c1ccccn1. The second-order valence-corrected chi connectivity index (χ2v) is 6.43. The molecule has 94 valence electrons. The molecule has 4 nitrogen and oxygen atoms in total. The topological polar surface area (TPSA) is 50.3 Å². The van der Waals surface area contributed by atoms with E-state index in [0.717, 1.165) is 25.7 Å². The Morgan fingerprint density at radius 3 is 2.53 bits per heavy atom. The van der Waals surface area contributed by atoms with Crippen molar-refractivity contribution < 1.29 is 8.42 Å². The first kappa shape index (κ1) is 12.5. The van der Waals surface area contributed by atoms with Crippen LogP contribution in [0.15, 0.2) is 29.4 Å². The summed E-state index contributed by atoms with van der Waals surface area (Å²) in [7, 11) is -1.75. The van der Waals surface area contributed by atoms with Gasteiger partial charge in [-0.25, -0.2) is 13.4 Å². The molecule has 1 fully saturated rings. The van der Waals surface area contributed by atoms with Crippen LogP contribution in [0.2, 0.25) is 0 Å². The summed E-state index contributed by atoms with van der Waals surface area (Å²) in [6.45, 7) is 0. The minimum absolute atomic E-state index is 0.135. The molecule has 0 unspecified atom stereocenters. The van der Waals surface area contributed by atoms with Gasteiger partial charge in [-0.3, -0.25) is 0 Å². The van der Waals surface area contributed by atoms with E-state index in [1.54, 1.807) is 25.2 Å². The molecule has 5 heteroatoms. The third kappa shape index (κ3) is 2.66. The quantitative estimate of drug-likeness (QED) is 0.829. The summed E-state index contributed by atoms with van der Waals surface area (Å²) in [6, 6.07) is 5.11. The molecule has 1 saturated carbocycles. The van der Waals surface area contributed by atoms with Crippen LogP contribution in [0.3, 0.4) is 0 Å². The van der Waals surface area contributed by atoms with E-state index in [1.807, 2.05) is 0 Å². The van der Waals surface area contributed by atoms with Gasteiger partial charge in [-0.15, -0.1) is 0 Å². The molecule has 0 aliphatic heterocycles. The Kier molecular flexibility index (Phi) is 3.79. The molecule has 0 radical (unpaired) electrons. The highest BCUT2D eigenvalue weighted by Crippen LogP contribution is 2.25. The molecular formula is C12H18N2O2S. The van der Waals surface area contributed by atoms with Gasteiger partial charge in [-0.1, -0.05) is 25.3 Å². The van der Waals surface area contributed by atoms with E-state index >= 15 is 0 Å². The fourth-order valence-corrected chi connectivity index (χ4v) is 3.63. The van der Waals surface area contributed by atoms with Crippen molar-refractivity contribution in [1.82, 2.24) is 9.29 Å². The van der Waals surface area contributed by atoms with Gasteiger partial charge in [-0.2, -0.15) is 4.31 Å². The van der Waals surface area contributed by atoms with Crippen LogP contribution in [-0.2, 0) is 10.0 Å². The van der Waals surface area contributed by atoms with Gasteiger partial charge in [0.2, 0.25) is 0 Å². The summed E-state index contributed by atoms with van der Waals surface area (Å²) in [5.74, 6) is 0. The van der Waals surface area contributed by atoms with Crippen molar-refractivity contribution in [2.45, 2.75) is 43.2 Å². The van der Waals surface area contributed by atoms with Gasteiger partial charge in [0.25, 0.3) is 10.0 Å². The Morgan fingerprint density at radius 2 is 1.94 bits per heavy atom. The van der Waals surface area contributed by atoms with E-state index in [4.69, 9.17) is 0 Å². The van der Waals surface area contributed by atoms with Gasteiger partial charge in [0.15, 0.2) is 5.03 Å². The van der Waals surface area contributed by atoms with E-state index in [1.165, 1.54) is 16.9 Å². The van der Waals surface area contributed by atoms with Crippen LogP contribution in [0.5, 0.6) is 0 Å². The zero-order valence-electron chi connectivity index (χ0n) is 10.0. The molecule has 2 rings (SSSR count). The summed E-state index contributed by atoms with van der Waals surface area (Å²) in [5.41, 5.74) is 0. The van der Waals surface area contributed by atoms with Gasteiger partial charge in [0.1, 0.15) is 0 Å². The van der Waals surface area contributed by atoms with Crippen molar-refractivity contribution in [3.63, 3.8) is 0 Å². The highest BCUT2D eigenvalue weighted by Gasteiger charge is 2.29. The Balaban J connectivity index is 2.20. The molecule has 1 aromatic heterocycles. The third-order valence-corrected chi connectivity index (χ3v) is 5.20. The maximum absolute atomic E-state index is 12.3. The lowest BCUT2D eigenvalue weighted by atomic mass is 9.96. The van der Waals surface area contributed by atoms with Crippen molar-refractivity contribution >= 4 is 10.0 Å². The van der Waals surface area contributed by atoms with Crippen LogP contribution in [0.25, 0.3) is 0 Å². The molecule has 0 N–H and O–H groups in total. The molecule has 1 aliphatic carbocycles. The second-order valence-electron chi connectivity index (χ2n) is 4.48. The zero-order chi connectivity index (χ0) is 12.3. The summed E-state index contributed by atoms with van der Waals surface area (Å²) >= 11 is 0. The minimum atomic E-state index is -3.42. The number of sulfonamides is 1. The first-order valence-corrected chi connectivity index (χ1v) is 7.45. The fourth-order valence-electron chi connectivity index (χ4n) is 2.29. The molecule has 0 atom stereocenters. The van der Waals surface area contributed by atoms with Crippen LogP contribution in [-0.4, -0.2) is 30.8 Å². The highest BCUT2D eigenvalue weighted by molar-refractivity contribution is 7.89. The van der Waals surface area contributed by atoms with E-state index in [0.29, 0.717) is 0 Å². The Labute approximate surface area is 103 Å². The van der Waals surface area contributed by atoms with E-state index < -0.39 is 10.0 Å². The van der Waals surface area contributed by atoms with Gasteiger partial charge in [0.05, 0.1) is 0 Å². The van der Waals surface area contributed by atoms with Gasteiger partial charge < -0.3 is 0 Å². The molecule has 1 aromatic rings. The number of rotatable bonds is 3. The smallest absolute Gasteiger partial charge is 0.243 e. The summed E-state index contributed by atoms with van der Waals surface area (Å²) in [4.78, 5) is 3.94. The molecule has 1 heterocycles. The lowest BCUT2D eigenvalue weighted by Crippen LogP contribution is -2.38. The fraction of sp³-hybridized carbons (Fsp3) is 0.583. The maximum Gasteiger partial charge on any atom is 0.260 e. The van der Waals surface area contributed by atoms with Crippen LogP contribution in [0.1, 0.15) is 32.1 Å². The van der Waals surface area contributed by atoms with Crippen molar-refractivity contribution in [2.24, 2.45) is 0 Å². The predicted molar refractivity (Wildman–Crippen MR) is 66.1 cm³/mol. The molecule has 0 amide bonds. The van der Waals surface area contributed by atoms with Gasteiger partial charge in [0, 0.05) is 19.3 Å². The van der Waals surface area contributed by atoms with Crippen LogP contribution >= 0.6 is 0 Å². The van der Waals surface area contributed by atoms with Crippen LogP contribution in [0, 0.1) is 0 Å². The number of nitrogens with zero attached hydrogens (tertiary/aromatic N) is 2. The zero-order valence-corrected chi connectivity index (χ0v) is 10.9. The van der Waals surface area contributed by atoms with E-state index in [2.05, 4.69) is 4.98 Å². The summed E-state index contributed by atoms with van der Waals surface area (Å²) in [5, 5.41) is 0.146. The minimum Gasteiger partial charge on any atom is -0.243 e. The second kappa shape index (κ2) is 5.14. The Morgan fingerprint density at radius 1 is 1.24 bits per heavy atom. The highest BCUT2D eigenvalue weighted by atomic mass is 32.2. The normalized spacial score (nSPS) is 18.5. The van der Waals surface area contributed by atoms with Crippen molar-refractivity contribution in [1.29, 1.82) is 0 Å². The molecule has 17 heavy (non-hydrogen) atoms. The first-order valence-electron chi connectivity index (χ1n) is 6.01. The average Bonchev–Trinajstić information content (AvgIpc) is 2.40.